The fourth-order valence-electron chi connectivity index (χ4n) is 2.57. The number of carbonyl (C=O) groups excluding carboxylic acids is 2. The molecular weight excluding hydrogens is 382 g/mol. The highest BCUT2D eigenvalue weighted by molar-refractivity contribution is 7.15. The molecule has 2 N–H and O–H groups in total. The van der Waals surface area contributed by atoms with Crippen molar-refractivity contribution in [1.29, 1.82) is 0 Å². The second-order valence-corrected chi connectivity index (χ2v) is 7.74. The maximum atomic E-state index is 12.7. The number of carbonyl (C=O) groups is 2. The summed E-state index contributed by atoms with van der Waals surface area (Å²) >= 11 is 7.45. The van der Waals surface area contributed by atoms with Crippen molar-refractivity contribution < 1.29 is 9.59 Å². The molecule has 0 aliphatic rings. The molecule has 0 aliphatic carbocycles. The zero-order valence-corrected chi connectivity index (χ0v) is 16.7. The molecule has 2 aromatic carbocycles. The minimum atomic E-state index is -0.279. The SMILES string of the molecule is CC(=O)Nc1cccc(-c2nc(C(=O)Nc3cc(Cl)ccc3C)c(C)s2)c1. The fourth-order valence-corrected chi connectivity index (χ4v) is 3.65. The molecule has 0 spiro atoms. The lowest BCUT2D eigenvalue weighted by Gasteiger charge is -2.08. The number of aromatic nitrogens is 1. The number of halogens is 1. The van der Waals surface area contributed by atoms with Gasteiger partial charge in [0.1, 0.15) is 10.7 Å². The van der Waals surface area contributed by atoms with Gasteiger partial charge in [-0.15, -0.1) is 11.3 Å². The summed E-state index contributed by atoms with van der Waals surface area (Å²) in [6.07, 6.45) is 0. The van der Waals surface area contributed by atoms with E-state index in [-0.39, 0.29) is 11.8 Å². The van der Waals surface area contributed by atoms with Crippen LogP contribution in [0.4, 0.5) is 11.4 Å². The second-order valence-electron chi connectivity index (χ2n) is 6.10. The van der Waals surface area contributed by atoms with Gasteiger partial charge in [0.2, 0.25) is 5.91 Å². The van der Waals surface area contributed by atoms with Crippen LogP contribution >= 0.6 is 22.9 Å². The Morgan fingerprint density at radius 3 is 2.59 bits per heavy atom. The highest BCUT2D eigenvalue weighted by atomic mass is 35.5. The number of thiazole rings is 1. The summed E-state index contributed by atoms with van der Waals surface area (Å²) in [6.45, 7) is 5.22. The molecule has 0 fully saturated rings. The first-order valence-electron chi connectivity index (χ1n) is 8.26. The first-order chi connectivity index (χ1) is 12.8. The molecule has 3 aromatic rings. The summed E-state index contributed by atoms with van der Waals surface area (Å²) in [5.41, 5.74) is 3.48. The molecule has 3 rings (SSSR count). The Morgan fingerprint density at radius 1 is 1.07 bits per heavy atom. The Labute approximate surface area is 166 Å². The third kappa shape index (κ3) is 4.53. The van der Waals surface area contributed by atoms with Crippen LogP contribution in [0, 0.1) is 13.8 Å². The highest BCUT2D eigenvalue weighted by Gasteiger charge is 2.17. The largest absolute Gasteiger partial charge is 0.326 e. The molecule has 0 unspecified atom stereocenters. The summed E-state index contributed by atoms with van der Waals surface area (Å²) in [4.78, 5) is 29.3. The van der Waals surface area contributed by atoms with E-state index in [1.54, 1.807) is 18.2 Å². The van der Waals surface area contributed by atoms with Crippen LogP contribution in [0.15, 0.2) is 42.5 Å². The van der Waals surface area contributed by atoms with E-state index in [0.29, 0.717) is 27.1 Å². The standard InChI is InChI=1S/C20H18ClN3O2S/c1-11-7-8-15(21)10-17(11)23-19(26)18-12(2)27-20(24-18)14-5-4-6-16(9-14)22-13(3)25/h4-10H,1-3H3,(H,22,25)(H,23,26). The predicted octanol–water partition coefficient (Wildman–Crippen LogP) is 5.29. The number of hydrogen-bond acceptors (Lipinski definition) is 4. The average Bonchev–Trinajstić information content (AvgIpc) is 3.00. The molecule has 0 aliphatic heterocycles. The molecule has 1 heterocycles. The van der Waals surface area contributed by atoms with E-state index in [1.165, 1.54) is 18.3 Å². The van der Waals surface area contributed by atoms with Gasteiger partial charge in [0.05, 0.1) is 0 Å². The Kier molecular flexibility index (Phi) is 5.58. The zero-order chi connectivity index (χ0) is 19.6. The van der Waals surface area contributed by atoms with Crippen molar-refractivity contribution in [1.82, 2.24) is 4.98 Å². The van der Waals surface area contributed by atoms with E-state index in [2.05, 4.69) is 15.6 Å². The molecule has 0 atom stereocenters. The lowest BCUT2D eigenvalue weighted by Crippen LogP contribution is -2.14. The first kappa shape index (κ1) is 19.1. The van der Waals surface area contributed by atoms with Gasteiger partial charge in [-0.3, -0.25) is 9.59 Å². The van der Waals surface area contributed by atoms with Crippen LogP contribution in [0.5, 0.6) is 0 Å². The summed E-state index contributed by atoms with van der Waals surface area (Å²) in [5.74, 6) is -0.419. The van der Waals surface area contributed by atoms with Crippen LogP contribution in [-0.4, -0.2) is 16.8 Å². The van der Waals surface area contributed by atoms with E-state index in [1.807, 2.05) is 38.1 Å². The summed E-state index contributed by atoms with van der Waals surface area (Å²) in [5, 5.41) is 6.90. The number of nitrogens with zero attached hydrogens (tertiary/aromatic N) is 1. The Morgan fingerprint density at radius 2 is 1.85 bits per heavy atom. The zero-order valence-electron chi connectivity index (χ0n) is 15.1. The molecule has 0 radical (unpaired) electrons. The average molecular weight is 400 g/mol. The van der Waals surface area contributed by atoms with Gasteiger partial charge in [0.15, 0.2) is 0 Å². The molecule has 5 nitrogen and oxygen atoms in total. The number of hydrogen-bond donors (Lipinski definition) is 2. The van der Waals surface area contributed by atoms with Crippen LogP contribution < -0.4 is 10.6 Å². The molecule has 1 aromatic heterocycles. The van der Waals surface area contributed by atoms with Gasteiger partial charge in [-0.05, 0) is 43.7 Å². The van der Waals surface area contributed by atoms with E-state index in [4.69, 9.17) is 11.6 Å². The normalized spacial score (nSPS) is 10.5. The van der Waals surface area contributed by atoms with Gasteiger partial charge in [-0.25, -0.2) is 4.98 Å². The van der Waals surface area contributed by atoms with Gasteiger partial charge in [-0.1, -0.05) is 29.8 Å². The van der Waals surface area contributed by atoms with Gasteiger partial charge in [-0.2, -0.15) is 0 Å². The first-order valence-corrected chi connectivity index (χ1v) is 9.46. The number of benzene rings is 2. The molecule has 0 saturated carbocycles. The summed E-state index contributed by atoms with van der Waals surface area (Å²) in [6, 6.07) is 12.7. The number of anilines is 2. The molecule has 138 valence electrons. The molecule has 0 saturated heterocycles. The molecule has 27 heavy (non-hydrogen) atoms. The van der Waals surface area contributed by atoms with E-state index >= 15 is 0 Å². The van der Waals surface area contributed by atoms with Crippen LogP contribution in [0.2, 0.25) is 5.02 Å². The molecule has 7 heteroatoms. The van der Waals surface area contributed by atoms with Crippen molar-refractivity contribution in [2.45, 2.75) is 20.8 Å². The Balaban J connectivity index is 1.87. The molecular formula is C20H18ClN3O2S. The summed E-state index contributed by atoms with van der Waals surface area (Å²) in [7, 11) is 0. The van der Waals surface area contributed by atoms with Crippen LogP contribution in [0.3, 0.4) is 0 Å². The lowest BCUT2D eigenvalue weighted by molar-refractivity contribution is -0.114. The third-order valence-corrected chi connectivity index (χ3v) is 5.14. The van der Waals surface area contributed by atoms with Crippen LogP contribution in [0.1, 0.15) is 27.9 Å². The molecule has 0 bridgehead atoms. The smallest absolute Gasteiger partial charge is 0.275 e. The highest BCUT2D eigenvalue weighted by Crippen LogP contribution is 2.30. The maximum Gasteiger partial charge on any atom is 0.275 e. The van der Waals surface area contributed by atoms with Crippen molar-refractivity contribution in [2.75, 3.05) is 10.6 Å². The van der Waals surface area contributed by atoms with Crippen LogP contribution in [0.25, 0.3) is 10.6 Å². The van der Waals surface area contributed by atoms with Crippen LogP contribution in [-0.2, 0) is 4.79 Å². The van der Waals surface area contributed by atoms with Gasteiger partial charge >= 0.3 is 0 Å². The van der Waals surface area contributed by atoms with Crippen molar-refractivity contribution in [2.24, 2.45) is 0 Å². The topological polar surface area (TPSA) is 71.1 Å². The monoisotopic (exact) mass is 399 g/mol. The van der Waals surface area contributed by atoms with Gasteiger partial charge in [0.25, 0.3) is 5.91 Å². The van der Waals surface area contributed by atoms with Crippen molar-refractivity contribution in [3.8, 4) is 10.6 Å². The van der Waals surface area contributed by atoms with E-state index < -0.39 is 0 Å². The minimum Gasteiger partial charge on any atom is -0.326 e. The lowest BCUT2D eigenvalue weighted by atomic mass is 10.2. The minimum absolute atomic E-state index is 0.139. The second kappa shape index (κ2) is 7.90. The van der Waals surface area contributed by atoms with Crippen molar-refractivity contribution in [3.05, 3.63) is 63.6 Å². The fraction of sp³-hybridized carbons (Fsp3) is 0.150. The number of amides is 2. The molecule has 2 amide bonds. The quantitative estimate of drug-likeness (QED) is 0.626. The van der Waals surface area contributed by atoms with Crippen molar-refractivity contribution in [3.63, 3.8) is 0 Å². The van der Waals surface area contributed by atoms with E-state index in [0.717, 1.165) is 16.0 Å². The van der Waals surface area contributed by atoms with Gasteiger partial charge in [0, 0.05) is 33.8 Å². The Bertz CT molecular complexity index is 1030. The third-order valence-electron chi connectivity index (χ3n) is 3.89. The van der Waals surface area contributed by atoms with E-state index in [9.17, 15) is 9.59 Å². The number of rotatable bonds is 4. The maximum absolute atomic E-state index is 12.7. The summed E-state index contributed by atoms with van der Waals surface area (Å²) < 4.78 is 0. The number of nitrogens with one attached hydrogen (secondary N) is 2. The van der Waals surface area contributed by atoms with Crippen molar-refractivity contribution >= 4 is 46.1 Å². The van der Waals surface area contributed by atoms with Gasteiger partial charge < -0.3 is 10.6 Å². The number of aryl methyl sites for hydroxylation is 2. The predicted molar refractivity (Wildman–Crippen MR) is 111 cm³/mol. The Hall–Kier alpha value is -2.70.